The number of hydrogen-bond acceptors (Lipinski definition) is 6. The Morgan fingerprint density at radius 3 is 2.56 bits per heavy atom. The Balaban J connectivity index is 2.08. The van der Waals surface area contributed by atoms with Crippen molar-refractivity contribution in [1.82, 2.24) is 10.0 Å². The van der Waals surface area contributed by atoms with Crippen molar-refractivity contribution >= 4 is 15.9 Å². The van der Waals surface area contributed by atoms with Crippen LogP contribution in [0.15, 0.2) is 23.1 Å². The summed E-state index contributed by atoms with van der Waals surface area (Å²) in [5, 5.41) is 2.62. The number of rotatable bonds is 6. The Labute approximate surface area is 148 Å². The summed E-state index contributed by atoms with van der Waals surface area (Å²) >= 11 is 0. The van der Waals surface area contributed by atoms with Gasteiger partial charge in [-0.1, -0.05) is 0 Å². The molecule has 1 aromatic carbocycles. The maximum atomic E-state index is 12.5. The van der Waals surface area contributed by atoms with Gasteiger partial charge in [0.15, 0.2) is 11.5 Å². The molecule has 1 aromatic rings. The van der Waals surface area contributed by atoms with E-state index in [1.54, 1.807) is 19.9 Å². The molecule has 1 unspecified atom stereocenters. The second-order valence-electron chi connectivity index (χ2n) is 6.71. The first-order valence-corrected chi connectivity index (χ1v) is 9.55. The van der Waals surface area contributed by atoms with Crippen LogP contribution in [-0.4, -0.2) is 45.7 Å². The van der Waals surface area contributed by atoms with Crippen LogP contribution < -0.4 is 25.2 Å². The maximum absolute atomic E-state index is 12.5. The molecule has 25 heavy (non-hydrogen) atoms. The number of amides is 1. The van der Waals surface area contributed by atoms with Gasteiger partial charge in [0.1, 0.15) is 0 Å². The number of nitrogens with one attached hydrogen (secondary N) is 2. The number of hydrogen-bond donors (Lipinski definition) is 3. The molecule has 1 aliphatic heterocycles. The zero-order valence-corrected chi connectivity index (χ0v) is 15.5. The summed E-state index contributed by atoms with van der Waals surface area (Å²) in [6, 6.07) is 3.43. The van der Waals surface area contributed by atoms with Gasteiger partial charge in [0, 0.05) is 24.6 Å². The second-order valence-corrected chi connectivity index (χ2v) is 8.42. The van der Waals surface area contributed by atoms with Crippen molar-refractivity contribution in [2.45, 2.75) is 43.7 Å². The highest BCUT2D eigenvalue weighted by Gasteiger charge is 2.24. The third kappa shape index (κ3) is 5.58. The fourth-order valence-corrected chi connectivity index (χ4v) is 3.35. The summed E-state index contributed by atoms with van der Waals surface area (Å²) in [6.07, 6.45) is 0.726. The predicted molar refractivity (Wildman–Crippen MR) is 93.1 cm³/mol. The van der Waals surface area contributed by atoms with E-state index in [0.717, 1.165) is 6.42 Å². The molecule has 0 aliphatic carbocycles. The van der Waals surface area contributed by atoms with E-state index in [9.17, 15) is 13.2 Å². The van der Waals surface area contributed by atoms with Crippen LogP contribution in [0.5, 0.6) is 11.5 Å². The average Bonchev–Trinajstić information content (AvgIpc) is 2.75. The molecule has 1 atom stereocenters. The molecule has 0 spiro atoms. The van der Waals surface area contributed by atoms with E-state index in [4.69, 9.17) is 15.2 Å². The average molecular weight is 371 g/mol. The minimum atomic E-state index is -3.88. The van der Waals surface area contributed by atoms with Crippen LogP contribution in [0.1, 0.15) is 27.2 Å². The first-order chi connectivity index (χ1) is 11.6. The molecule has 1 heterocycles. The number of sulfonamides is 1. The molecule has 140 valence electrons. The summed E-state index contributed by atoms with van der Waals surface area (Å²) < 4.78 is 38.4. The summed E-state index contributed by atoms with van der Waals surface area (Å²) in [7, 11) is -3.88. The monoisotopic (exact) mass is 371 g/mol. The van der Waals surface area contributed by atoms with Crippen LogP contribution in [0, 0.1) is 0 Å². The molecule has 0 bridgehead atoms. The Hall–Kier alpha value is -1.84. The van der Waals surface area contributed by atoms with E-state index in [0.29, 0.717) is 24.7 Å². The molecule has 0 fully saturated rings. The molecule has 2 rings (SSSR count). The van der Waals surface area contributed by atoms with Gasteiger partial charge >= 0.3 is 0 Å². The number of ether oxygens (including phenoxy) is 2. The van der Waals surface area contributed by atoms with Crippen molar-refractivity contribution in [2.24, 2.45) is 5.73 Å². The molecule has 1 amide bonds. The van der Waals surface area contributed by atoms with E-state index < -0.39 is 27.5 Å². The van der Waals surface area contributed by atoms with Crippen LogP contribution in [0.3, 0.4) is 0 Å². The molecular weight excluding hydrogens is 346 g/mol. The van der Waals surface area contributed by atoms with E-state index in [1.165, 1.54) is 19.1 Å². The fraction of sp³-hybridized carbons (Fsp3) is 0.562. The van der Waals surface area contributed by atoms with E-state index in [-0.39, 0.29) is 11.4 Å². The van der Waals surface area contributed by atoms with Gasteiger partial charge in [-0.25, -0.2) is 8.42 Å². The predicted octanol–water partition coefficient (Wildman–Crippen LogP) is 0.368. The van der Waals surface area contributed by atoms with Gasteiger partial charge in [0.05, 0.1) is 24.2 Å². The maximum Gasteiger partial charge on any atom is 0.241 e. The number of carbonyl (C=O) groups is 1. The summed E-state index contributed by atoms with van der Waals surface area (Å²) in [5.74, 6) is 0.436. The lowest BCUT2D eigenvalue weighted by Gasteiger charge is -2.21. The fourth-order valence-electron chi connectivity index (χ4n) is 2.13. The van der Waals surface area contributed by atoms with Crippen LogP contribution in [0.4, 0.5) is 0 Å². The molecule has 0 radical (unpaired) electrons. The lowest BCUT2D eigenvalue weighted by molar-refractivity contribution is -0.122. The van der Waals surface area contributed by atoms with Gasteiger partial charge in [-0.05, 0) is 32.9 Å². The lowest BCUT2D eigenvalue weighted by atomic mass is 10.1. The summed E-state index contributed by atoms with van der Waals surface area (Å²) in [6.45, 7) is 6.21. The lowest BCUT2D eigenvalue weighted by Crippen LogP contribution is -2.50. The molecule has 0 aromatic heterocycles. The zero-order valence-electron chi connectivity index (χ0n) is 14.7. The van der Waals surface area contributed by atoms with Crippen molar-refractivity contribution in [3.05, 3.63) is 18.2 Å². The Bertz CT molecular complexity index is 728. The van der Waals surface area contributed by atoms with Crippen LogP contribution >= 0.6 is 0 Å². The van der Waals surface area contributed by atoms with E-state index >= 15 is 0 Å². The third-order valence-electron chi connectivity index (χ3n) is 3.47. The van der Waals surface area contributed by atoms with Gasteiger partial charge in [-0.2, -0.15) is 4.72 Å². The van der Waals surface area contributed by atoms with E-state index in [2.05, 4.69) is 10.0 Å². The Kier molecular flexibility index (Phi) is 5.91. The van der Waals surface area contributed by atoms with Gasteiger partial charge in [0.2, 0.25) is 15.9 Å². The standard InChI is InChI=1S/C16H25N3O5S/c1-11(15(20)18-10-16(2,3)17)19-25(21,22)12-5-6-13-14(9-12)24-8-4-7-23-13/h5-6,9,11,19H,4,7-8,10,17H2,1-3H3,(H,18,20). The number of nitrogens with two attached hydrogens (primary N) is 1. The zero-order chi connectivity index (χ0) is 18.7. The normalized spacial score (nSPS) is 16.0. The Morgan fingerprint density at radius 2 is 1.92 bits per heavy atom. The van der Waals surface area contributed by atoms with Gasteiger partial charge in [-0.3, -0.25) is 4.79 Å². The topological polar surface area (TPSA) is 120 Å². The van der Waals surface area contributed by atoms with Crippen molar-refractivity contribution in [3.8, 4) is 11.5 Å². The number of carbonyl (C=O) groups excluding carboxylic acids is 1. The SMILES string of the molecule is CC(NS(=O)(=O)c1ccc2c(c1)OCCCO2)C(=O)NCC(C)(C)N. The minimum Gasteiger partial charge on any atom is -0.490 e. The van der Waals surface area contributed by atoms with E-state index in [1.807, 2.05) is 0 Å². The van der Waals surface area contributed by atoms with Crippen molar-refractivity contribution in [1.29, 1.82) is 0 Å². The first kappa shape index (κ1) is 19.5. The van der Waals surface area contributed by atoms with Crippen molar-refractivity contribution < 1.29 is 22.7 Å². The largest absolute Gasteiger partial charge is 0.490 e. The van der Waals surface area contributed by atoms with Crippen molar-refractivity contribution in [3.63, 3.8) is 0 Å². The molecular formula is C16H25N3O5S. The minimum absolute atomic E-state index is 0.00977. The molecule has 1 aliphatic rings. The van der Waals surface area contributed by atoms with Crippen LogP contribution in [0.2, 0.25) is 0 Å². The molecule has 9 heteroatoms. The molecule has 8 nitrogen and oxygen atoms in total. The second kappa shape index (κ2) is 7.59. The van der Waals surface area contributed by atoms with Crippen LogP contribution in [0.25, 0.3) is 0 Å². The van der Waals surface area contributed by atoms with Gasteiger partial charge < -0.3 is 20.5 Å². The van der Waals surface area contributed by atoms with Crippen LogP contribution in [-0.2, 0) is 14.8 Å². The van der Waals surface area contributed by atoms with Gasteiger partial charge in [0.25, 0.3) is 0 Å². The van der Waals surface area contributed by atoms with Gasteiger partial charge in [-0.15, -0.1) is 0 Å². The quantitative estimate of drug-likeness (QED) is 0.664. The smallest absolute Gasteiger partial charge is 0.241 e. The highest BCUT2D eigenvalue weighted by Crippen LogP contribution is 2.31. The van der Waals surface area contributed by atoms with Crippen molar-refractivity contribution in [2.75, 3.05) is 19.8 Å². The molecule has 0 saturated heterocycles. The summed E-state index contributed by atoms with van der Waals surface area (Å²) in [4.78, 5) is 12.0. The summed E-state index contributed by atoms with van der Waals surface area (Å²) in [5.41, 5.74) is 5.22. The molecule has 0 saturated carbocycles. The first-order valence-electron chi connectivity index (χ1n) is 8.07. The number of fused-ring (bicyclic) bond motifs is 1. The third-order valence-corrected chi connectivity index (χ3v) is 5.01. The number of benzene rings is 1. The highest BCUT2D eigenvalue weighted by molar-refractivity contribution is 7.89. The molecule has 4 N–H and O–H groups in total. The highest BCUT2D eigenvalue weighted by atomic mass is 32.2. The Morgan fingerprint density at radius 1 is 1.28 bits per heavy atom.